The van der Waals surface area contributed by atoms with Crippen LogP contribution in [0.2, 0.25) is 0 Å². The standard InChI is InChI=1S/C17H27NO/c1-4-5-6-15-7-9-16(10-8-15)14(2)18-11-17(3)12-19-13-17/h7-10,14,18H,4-6,11-13H2,1-3H3. The summed E-state index contributed by atoms with van der Waals surface area (Å²) in [6, 6.07) is 9.50. The van der Waals surface area contributed by atoms with Crippen molar-refractivity contribution in [1.82, 2.24) is 5.32 Å². The topological polar surface area (TPSA) is 21.3 Å². The SMILES string of the molecule is CCCCc1ccc(C(C)NCC2(C)COC2)cc1. The van der Waals surface area contributed by atoms with E-state index in [4.69, 9.17) is 4.74 Å². The summed E-state index contributed by atoms with van der Waals surface area (Å²) in [5, 5.41) is 3.62. The van der Waals surface area contributed by atoms with Gasteiger partial charge in [0, 0.05) is 18.0 Å². The summed E-state index contributed by atoms with van der Waals surface area (Å²) in [5.41, 5.74) is 3.18. The second-order valence-electron chi connectivity index (χ2n) is 6.25. The highest BCUT2D eigenvalue weighted by Crippen LogP contribution is 2.26. The van der Waals surface area contributed by atoms with Crippen molar-refractivity contribution in [2.45, 2.75) is 46.1 Å². The minimum Gasteiger partial charge on any atom is -0.380 e. The Balaban J connectivity index is 1.82. The lowest BCUT2D eigenvalue weighted by atomic mass is 9.88. The van der Waals surface area contributed by atoms with Crippen molar-refractivity contribution in [2.24, 2.45) is 5.41 Å². The number of ether oxygens (including phenoxy) is 1. The smallest absolute Gasteiger partial charge is 0.0554 e. The Morgan fingerprint density at radius 2 is 1.95 bits per heavy atom. The van der Waals surface area contributed by atoms with Gasteiger partial charge in [-0.15, -0.1) is 0 Å². The van der Waals surface area contributed by atoms with Gasteiger partial charge in [-0.05, 0) is 30.9 Å². The Bertz CT molecular complexity index is 381. The molecule has 19 heavy (non-hydrogen) atoms. The van der Waals surface area contributed by atoms with E-state index in [0.717, 1.165) is 19.8 Å². The molecule has 0 radical (unpaired) electrons. The van der Waals surface area contributed by atoms with E-state index in [2.05, 4.69) is 50.4 Å². The number of nitrogens with one attached hydrogen (secondary N) is 1. The minimum atomic E-state index is 0.343. The van der Waals surface area contributed by atoms with Crippen molar-refractivity contribution >= 4 is 0 Å². The molecule has 0 spiro atoms. The summed E-state index contributed by atoms with van der Waals surface area (Å²) < 4.78 is 5.29. The molecule has 0 amide bonds. The first-order chi connectivity index (χ1) is 9.13. The third-order valence-corrected chi connectivity index (χ3v) is 4.03. The Hall–Kier alpha value is -0.860. The largest absolute Gasteiger partial charge is 0.380 e. The van der Waals surface area contributed by atoms with Gasteiger partial charge in [0.15, 0.2) is 0 Å². The molecule has 1 heterocycles. The second-order valence-corrected chi connectivity index (χ2v) is 6.25. The first kappa shape index (κ1) is 14.5. The molecule has 1 saturated heterocycles. The number of hydrogen-bond acceptors (Lipinski definition) is 2. The molecule has 106 valence electrons. The lowest BCUT2D eigenvalue weighted by Gasteiger charge is -2.39. The molecule has 2 rings (SSSR count). The Morgan fingerprint density at radius 3 is 2.47 bits per heavy atom. The molecule has 0 saturated carbocycles. The fourth-order valence-electron chi connectivity index (χ4n) is 2.42. The van der Waals surface area contributed by atoms with Crippen LogP contribution in [-0.4, -0.2) is 19.8 Å². The number of benzene rings is 1. The van der Waals surface area contributed by atoms with Gasteiger partial charge in [-0.25, -0.2) is 0 Å². The molecule has 1 N–H and O–H groups in total. The van der Waals surface area contributed by atoms with Crippen molar-refractivity contribution < 1.29 is 4.74 Å². The normalized spacial score (nSPS) is 18.9. The molecule has 1 aromatic rings. The average Bonchev–Trinajstić information content (AvgIpc) is 2.41. The number of hydrogen-bond donors (Lipinski definition) is 1. The van der Waals surface area contributed by atoms with Gasteiger partial charge in [0.2, 0.25) is 0 Å². The Kier molecular flexibility index (Phi) is 5.00. The first-order valence-corrected chi connectivity index (χ1v) is 7.53. The molecule has 1 fully saturated rings. The zero-order chi connectivity index (χ0) is 13.7. The third-order valence-electron chi connectivity index (χ3n) is 4.03. The highest BCUT2D eigenvalue weighted by atomic mass is 16.5. The maximum Gasteiger partial charge on any atom is 0.0554 e. The van der Waals surface area contributed by atoms with Gasteiger partial charge in [0.05, 0.1) is 13.2 Å². The van der Waals surface area contributed by atoms with E-state index in [1.807, 2.05) is 0 Å². The van der Waals surface area contributed by atoms with Gasteiger partial charge in [-0.3, -0.25) is 0 Å². The van der Waals surface area contributed by atoms with Crippen LogP contribution in [0.25, 0.3) is 0 Å². The predicted molar refractivity (Wildman–Crippen MR) is 80.4 cm³/mol. The number of aryl methyl sites for hydroxylation is 1. The highest BCUT2D eigenvalue weighted by Gasteiger charge is 2.33. The summed E-state index contributed by atoms with van der Waals surface area (Å²) in [7, 11) is 0. The minimum absolute atomic E-state index is 0.343. The van der Waals surface area contributed by atoms with Gasteiger partial charge in [0.25, 0.3) is 0 Å². The molecule has 1 aliphatic rings. The summed E-state index contributed by atoms with van der Waals surface area (Å²) in [5.74, 6) is 0. The third kappa shape index (κ3) is 4.05. The van der Waals surface area contributed by atoms with E-state index in [9.17, 15) is 0 Å². The molecule has 1 aliphatic heterocycles. The van der Waals surface area contributed by atoms with Gasteiger partial charge in [-0.2, -0.15) is 0 Å². The van der Waals surface area contributed by atoms with Crippen molar-refractivity contribution in [3.8, 4) is 0 Å². The van der Waals surface area contributed by atoms with E-state index in [0.29, 0.717) is 11.5 Å². The van der Waals surface area contributed by atoms with Crippen LogP contribution in [0.1, 0.15) is 50.8 Å². The van der Waals surface area contributed by atoms with Crippen LogP contribution in [0.4, 0.5) is 0 Å². The molecule has 1 aromatic carbocycles. The van der Waals surface area contributed by atoms with Crippen LogP contribution < -0.4 is 5.32 Å². The van der Waals surface area contributed by atoms with Crippen LogP contribution in [0, 0.1) is 5.41 Å². The molecule has 2 nitrogen and oxygen atoms in total. The first-order valence-electron chi connectivity index (χ1n) is 7.53. The summed E-state index contributed by atoms with van der Waals surface area (Å²) in [6.07, 6.45) is 3.75. The number of rotatable bonds is 7. The molecule has 0 bridgehead atoms. The predicted octanol–water partition coefficient (Wildman–Crippen LogP) is 3.72. The molecular formula is C17H27NO. The maximum atomic E-state index is 5.29. The van der Waals surface area contributed by atoms with E-state index in [-0.39, 0.29) is 0 Å². The molecular weight excluding hydrogens is 234 g/mol. The van der Waals surface area contributed by atoms with Crippen LogP contribution in [0.15, 0.2) is 24.3 Å². The molecule has 1 atom stereocenters. The Morgan fingerprint density at radius 1 is 1.26 bits per heavy atom. The van der Waals surface area contributed by atoms with Crippen molar-refractivity contribution in [2.75, 3.05) is 19.8 Å². The quantitative estimate of drug-likeness (QED) is 0.808. The van der Waals surface area contributed by atoms with Gasteiger partial charge in [0.1, 0.15) is 0 Å². The van der Waals surface area contributed by atoms with E-state index >= 15 is 0 Å². The van der Waals surface area contributed by atoms with Crippen LogP contribution in [-0.2, 0) is 11.2 Å². The lowest BCUT2D eigenvalue weighted by molar-refractivity contribution is -0.0999. The zero-order valence-corrected chi connectivity index (χ0v) is 12.5. The Labute approximate surface area is 117 Å². The highest BCUT2D eigenvalue weighted by molar-refractivity contribution is 5.24. The van der Waals surface area contributed by atoms with Crippen molar-refractivity contribution in [1.29, 1.82) is 0 Å². The van der Waals surface area contributed by atoms with E-state index in [1.165, 1.54) is 30.4 Å². The summed E-state index contributed by atoms with van der Waals surface area (Å²) in [4.78, 5) is 0. The van der Waals surface area contributed by atoms with Gasteiger partial charge >= 0.3 is 0 Å². The summed E-state index contributed by atoms with van der Waals surface area (Å²) in [6.45, 7) is 9.58. The second kappa shape index (κ2) is 6.53. The van der Waals surface area contributed by atoms with Crippen molar-refractivity contribution in [3.05, 3.63) is 35.4 Å². The number of unbranched alkanes of at least 4 members (excludes halogenated alkanes) is 1. The monoisotopic (exact) mass is 261 g/mol. The maximum absolute atomic E-state index is 5.29. The summed E-state index contributed by atoms with van der Waals surface area (Å²) >= 11 is 0. The lowest BCUT2D eigenvalue weighted by Crippen LogP contribution is -2.47. The fraction of sp³-hybridized carbons (Fsp3) is 0.647. The van der Waals surface area contributed by atoms with Crippen LogP contribution in [0.5, 0.6) is 0 Å². The molecule has 2 heteroatoms. The van der Waals surface area contributed by atoms with Gasteiger partial charge in [-0.1, -0.05) is 44.5 Å². The molecule has 0 aliphatic carbocycles. The molecule has 1 unspecified atom stereocenters. The zero-order valence-electron chi connectivity index (χ0n) is 12.5. The van der Waals surface area contributed by atoms with E-state index < -0.39 is 0 Å². The van der Waals surface area contributed by atoms with E-state index in [1.54, 1.807) is 0 Å². The van der Waals surface area contributed by atoms with Crippen LogP contribution in [0.3, 0.4) is 0 Å². The van der Waals surface area contributed by atoms with Crippen molar-refractivity contribution in [3.63, 3.8) is 0 Å². The average molecular weight is 261 g/mol. The van der Waals surface area contributed by atoms with Gasteiger partial charge < -0.3 is 10.1 Å². The van der Waals surface area contributed by atoms with Crippen LogP contribution >= 0.6 is 0 Å². The molecule has 0 aromatic heterocycles. The fourth-order valence-corrected chi connectivity index (χ4v) is 2.42.